The fourth-order valence-electron chi connectivity index (χ4n) is 1.68. The molecule has 0 atom stereocenters. The number of hydrogen-bond acceptors (Lipinski definition) is 2. The fourth-order valence-corrected chi connectivity index (χ4v) is 1.68. The van der Waals surface area contributed by atoms with E-state index in [1.54, 1.807) is 12.1 Å². The number of aliphatic hydroxyl groups excluding tert-OH is 1. The van der Waals surface area contributed by atoms with Crippen LogP contribution in [0.15, 0.2) is 24.3 Å². The monoisotopic (exact) mass is 178 g/mol. The second-order valence-corrected chi connectivity index (χ2v) is 3.67. The van der Waals surface area contributed by atoms with Crippen LogP contribution in [0.25, 0.3) is 0 Å². The van der Waals surface area contributed by atoms with E-state index >= 15 is 0 Å². The lowest BCUT2D eigenvalue weighted by Gasteiger charge is -2.25. The molecule has 0 radical (unpaired) electrons. The molecule has 1 aliphatic carbocycles. The molecule has 70 valence electrons. The van der Waals surface area contributed by atoms with Gasteiger partial charge in [0.1, 0.15) is 0 Å². The summed E-state index contributed by atoms with van der Waals surface area (Å²) in [6.45, 7) is 0. The van der Waals surface area contributed by atoms with E-state index in [4.69, 9.17) is 10.2 Å². The van der Waals surface area contributed by atoms with E-state index in [1.807, 2.05) is 12.1 Å². The van der Waals surface area contributed by atoms with E-state index in [1.165, 1.54) is 24.8 Å². The van der Waals surface area contributed by atoms with E-state index in [0.717, 1.165) is 0 Å². The van der Waals surface area contributed by atoms with Crippen molar-refractivity contribution in [2.75, 3.05) is 0 Å². The highest BCUT2D eigenvalue weighted by Gasteiger charge is 2.19. The normalized spacial score (nSPS) is 17.5. The van der Waals surface area contributed by atoms with Gasteiger partial charge in [-0.15, -0.1) is 0 Å². The Morgan fingerprint density at radius 2 is 1.69 bits per heavy atom. The largest absolute Gasteiger partial charge is 0.364 e. The summed E-state index contributed by atoms with van der Waals surface area (Å²) in [6, 6.07) is 7.58. The highest BCUT2D eigenvalue weighted by Crippen LogP contribution is 2.36. The number of rotatable bonds is 2. The molecule has 1 aromatic carbocycles. The second kappa shape index (κ2) is 3.48. The number of aliphatic hydroxyl groups is 2. The molecule has 0 unspecified atom stereocenters. The molecule has 2 N–H and O–H groups in total. The van der Waals surface area contributed by atoms with Crippen LogP contribution >= 0.6 is 0 Å². The van der Waals surface area contributed by atoms with E-state index < -0.39 is 6.29 Å². The molecule has 1 saturated carbocycles. The Morgan fingerprint density at radius 3 is 2.08 bits per heavy atom. The summed E-state index contributed by atoms with van der Waals surface area (Å²) in [7, 11) is 0. The van der Waals surface area contributed by atoms with Crippen molar-refractivity contribution in [2.45, 2.75) is 31.5 Å². The van der Waals surface area contributed by atoms with Gasteiger partial charge in [-0.25, -0.2) is 0 Å². The SMILES string of the molecule is OC(O)c1ccc(C2CCC2)cc1. The zero-order valence-electron chi connectivity index (χ0n) is 7.48. The molecule has 2 heteroatoms. The third kappa shape index (κ3) is 1.74. The van der Waals surface area contributed by atoms with Crippen molar-refractivity contribution in [2.24, 2.45) is 0 Å². The van der Waals surface area contributed by atoms with E-state index in [-0.39, 0.29) is 0 Å². The first kappa shape index (κ1) is 8.73. The van der Waals surface area contributed by atoms with Gasteiger partial charge < -0.3 is 10.2 Å². The van der Waals surface area contributed by atoms with Gasteiger partial charge in [0.2, 0.25) is 0 Å². The summed E-state index contributed by atoms with van der Waals surface area (Å²) in [6.07, 6.45) is 2.55. The Labute approximate surface area is 77.8 Å². The minimum absolute atomic E-state index is 0.572. The maximum atomic E-state index is 8.88. The van der Waals surface area contributed by atoms with Gasteiger partial charge in [0.25, 0.3) is 0 Å². The van der Waals surface area contributed by atoms with Crippen molar-refractivity contribution in [3.63, 3.8) is 0 Å². The van der Waals surface area contributed by atoms with Crippen molar-refractivity contribution >= 4 is 0 Å². The Kier molecular flexibility index (Phi) is 2.34. The first-order valence-corrected chi connectivity index (χ1v) is 4.73. The third-order valence-corrected chi connectivity index (χ3v) is 2.81. The van der Waals surface area contributed by atoms with Crippen LogP contribution in [0.4, 0.5) is 0 Å². The van der Waals surface area contributed by atoms with Crippen molar-refractivity contribution in [3.05, 3.63) is 35.4 Å². The highest BCUT2D eigenvalue weighted by atomic mass is 16.5. The smallest absolute Gasteiger partial charge is 0.178 e. The average molecular weight is 178 g/mol. The molecule has 13 heavy (non-hydrogen) atoms. The minimum Gasteiger partial charge on any atom is -0.364 e. The second-order valence-electron chi connectivity index (χ2n) is 3.67. The molecule has 0 amide bonds. The summed E-state index contributed by atoms with van der Waals surface area (Å²) >= 11 is 0. The summed E-state index contributed by atoms with van der Waals surface area (Å²) < 4.78 is 0. The lowest BCUT2D eigenvalue weighted by molar-refractivity contribution is -0.0424. The summed E-state index contributed by atoms with van der Waals surface area (Å²) in [5.74, 6) is 0.713. The molecule has 0 aliphatic heterocycles. The van der Waals surface area contributed by atoms with Gasteiger partial charge in [-0.3, -0.25) is 0 Å². The predicted molar refractivity (Wildman–Crippen MR) is 50.2 cm³/mol. The molecule has 0 spiro atoms. The van der Waals surface area contributed by atoms with Gasteiger partial charge in [0.05, 0.1) is 0 Å². The molecule has 0 bridgehead atoms. The molecule has 1 aromatic rings. The van der Waals surface area contributed by atoms with Gasteiger partial charge in [-0.2, -0.15) is 0 Å². The van der Waals surface area contributed by atoms with Crippen LogP contribution in [0.2, 0.25) is 0 Å². The van der Waals surface area contributed by atoms with Gasteiger partial charge >= 0.3 is 0 Å². The zero-order chi connectivity index (χ0) is 9.26. The van der Waals surface area contributed by atoms with Crippen molar-refractivity contribution in [3.8, 4) is 0 Å². The summed E-state index contributed by atoms with van der Waals surface area (Å²) in [5.41, 5.74) is 1.90. The Balaban J connectivity index is 2.13. The first-order valence-electron chi connectivity index (χ1n) is 4.73. The average Bonchev–Trinajstić information content (AvgIpc) is 2.02. The Bertz CT molecular complexity index is 273. The van der Waals surface area contributed by atoms with E-state index in [0.29, 0.717) is 11.5 Å². The third-order valence-electron chi connectivity index (χ3n) is 2.81. The van der Waals surface area contributed by atoms with Crippen LogP contribution in [-0.4, -0.2) is 10.2 Å². The number of hydrogen-bond donors (Lipinski definition) is 2. The highest BCUT2D eigenvalue weighted by molar-refractivity contribution is 5.26. The minimum atomic E-state index is -1.34. The maximum Gasteiger partial charge on any atom is 0.178 e. The van der Waals surface area contributed by atoms with Gasteiger partial charge in [0, 0.05) is 5.56 Å². The molecular formula is C11H14O2. The summed E-state index contributed by atoms with van der Waals surface area (Å²) in [4.78, 5) is 0. The van der Waals surface area contributed by atoms with Crippen LogP contribution in [0.1, 0.15) is 42.6 Å². The van der Waals surface area contributed by atoms with Crippen molar-refractivity contribution in [1.29, 1.82) is 0 Å². The van der Waals surface area contributed by atoms with Crippen LogP contribution < -0.4 is 0 Å². The van der Waals surface area contributed by atoms with Crippen molar-refractivity contribution < 1.29 is 10.2 Å². The number of benzene rings is 1. The molecule has 2 rings (SSSR count). The quantitative estimate of drug-likeness (QED) is 0.679. The predicted octanol–water partition coefficient (Wildman–Crippen LogP) is 1.94. The van der Waals surface area contributed by atoms with Crippen LogP contribution in [0.3, 0.4) is 0 Å². The van der Waals surface area contributed by atoms with Crippen molar-refractivity contribution in [1.82, 2.24) is 0 Å². The standard InChI is InChI=1S/C11H14O2/c12-11(13)10-6-4-9(5-7-10)8-2-1-3-8/h4-8,11-13H,1-3H2. The lowest BCUT2D eigenvalue weighted by atomic mass is 9.80. The Morgan fingerprint density at radius 1 is 1.08 bits per heavy atom. The van der Waals surface area contributed by atoms with Crippen LogP contribution in [0.5, 0.6) is 0 Å². The molecule has 2 nitrogen and oxygen atoms in total. The molecule has 1 aliphatic rings. The molecule has 0 aromatic heterocycles. The molecular weight excluding hydrogens is 164 g/mol. The molecule has 0 saturated heterocycles. The first-order chi connectivity index (χ1) is 6.27. The van der Waals surface area contributed by atoms with Gasteiger partial charge in [-0.1, -0.05) is 30.7 Å². The van der Waals surface area contributed by atoms with Crippen LogP contribution in [0, 0.1) is 0 Å². The lowest BCUT2D eigenvalue weighted by Crippen LogP contribution is -2.08. The van der Waals surface area contributed by atoms with E-state index in [9.17, 15) is 0 Å². The van der Waals surface area contributed by atoms with Crippen LogP contribution in [-0.2, 0) is 0 Å². The van der Waals surface area contributed by atoms with Gasteiger partial charge in [0.15, 0.2) is 6.29 Å². The zero-order valence-corrected chi connectivity index (χ0v) is 7.48. The Hall–Kier alpha value is -0.860. The molecule has 1 fully saturated rings. The van der Waals surface area contributed by atoms with E-state index in [2.05, 4.69) is 0 Å². The fraction of sp³-hybridized carbons (Fsp3) is 0.455. The maximum absolute atomic E-state index is 8.88. The topological polar surface area (TPSA) is 40.5 Å². The molecule has 0 heterocycles. The van der Waals surface area contributed by atoms with Gasteiger partial charge in [-0.05, 0) is 24.3 Å². The summed E-state index contributed by atoms with van der Waals surface area (Å²) in [5, 5.41) is 17.8.